The van der Waals surface area contributed by atoms with Crippen LogP contribution in [0, 0.1) is 23.1 Å². The van der Waals surface area contributed by atoms with Crippen LogP contribution in [0.2, 0.25) is 5.02 Å². The normalized spacial score (nSPS) is 20.1. The fraction of sp³-hybridized carbons (Fsp3) is 0.600. The van der Waals surface area contributed by atoms with Crippen LogP contribution < -0.4 is 19.9 Å². The maximum atomic E-state index is 15.9. The molecule has 436 valence electrons. The molecule has 5 amide bonds. The topological polar surface area (TPSA) is 225 Å². The lowest BCUT2D eigenvalue weighted by Gasteiger charge is -2.39. The van der Waals surface area contributed by atoms with E-state index in [1.165, 1.54) is 6.07 Å². The number of rotatable bonds is 24. The summed E-state index contributed by atoms with van der Waals surface area (Å²) in [7, 11) is 0. The van der Waals surface area contributed by atoms with Crippen molar-refractivity contribution in [3.05, 3.63) is 75.7 Å². The number of benzene rings is 2. The number of hydrogen-bond acceptors (Lipinski definition) is 16. The van der Waals surface area contributed by atoms with Gasteiger partial charge in [0.25, 0.3) is 23.6 Å². The van der Waals surface area contributed by atoms with Crippen molar-refractivity contribution in [3.63, 3.8) is 0 Å². The smallest absolute Gasteiger partial charge is 0.307 e. The van der Waals surface area contributed by atoms with E-state index in [0.29, 0.717) is 61.3 Å². The second kappa shape index (κ2) is 28.3. The predicted octanol–water partition coefficient (Wildman–Crippen LogP) is 8.94. The molecule has 81 heavy (non-hydrogen) atoms. The zero-order chi connectivity index (χ0) is 57.6. The summed E-state index contributed by atoms with van der Waals surface area (Å²) in [5.41, 5.74) is 0.267. The van der Waals surface area contributed by atoms with Crippen molar-refractivity contribution in [2.24, 2.45) is 5.92 Å². The van der Waals surface area contributed by atoms with Crippen molar-refractivity contribution < 1.29 is 52.2 Å². The first-order chi connectivity index (χ1) is 38.9. The highest BCUT2D eigenvalue weighted by molar-refractivity contribution is 6.31. The molecule has 0 spiro atoms. The Kier molecular flexibility index (Phi) is 21.1. The van der Waals surface area contributed by atoms with Crippen LogP contribution in [0.5, 0.6) is 5.75 Å². The molecule has 3 aromatic rings. The lowest BCUT2D eigenvalue weighted by atomic mass is 9.93. The number of amides is 5. The van der Waals surface area contributed by atoms with Gasteiger partial charge in [0.1, 0.15) is 29.3 Å². The van der Waals surface area contributed by atoms with Gasteiger partial charge >= 0.3 is 11.9 Å². The molecule has 0 bridgehead atoms. The molecule has 21 heteroatoms. The molecule has 4 fully saturated rings. The van der Waals surface area contributed by atoms with Gasteiger partial charge < -0.3 is 29.3 Å². The standard InChI is InChI=1S/C60H77ClFN9O10/c1-60(2,3)81-55(74)15-13-11-9-7-5-4-6-8-10-12-14-54(73)79-39-70-53(72)25-23-50(59(70)78)71-57(76)45-35-48(62)51(36-46(45)58(71)77)68-32-30-67(31-33-68)38-40-26-28-69(29-27-40)52-24-22-49(65-66-52)56(75)64-42-17-20-43(21-18-42)80-44-19-16-41(37-63)47(61)34-44/h16,19,22,24,34-36,40,42-43,50H,4-15,17-18,20-21,23,25-33,38-39H2,1-3H3,(H,64,75). The van der Waals surface area contributed by atoms with Crippen molar-refractivity contribution in [2.75, 3.05) is 62.3 Å². The fourth-order valence-electron chi connectivity index (χ4n) is 11.5. The molecule has 2 aromatic carbocycles. The predicted molar refractivity (Wildman–Crippen MR) is 300 cm³/mol. The Morgan fingerprint density at radius 2 is 1.37 bits per heavy atom. The van der Waals surface area contributed by atoms with Crippen LogP contribution in [-0.2, 0) is 28.7 Å². The van der Waals surface area contributed by atoms with Gasteiger partial charge in [-0.2, -0.15) is 5.26 Å². The average molecular weight is 1140 g/mol. The minimum Gasteiger partial charge on any atom is -0.490 e. The van der Waals surface area contributed by atoms with Gasteiger partial charge in [-0.05, 0) is 121 Å². The molecule has 8 rings (SSSR count). The summed E-state index contributed by atoms with van der Waals surface area (Å²) in [4.78, 5) is 99.9. The number of esters is 2. The lowest BCUT2D eigenvalue weighted by molar-refractivity contribution is -0.164. The Morgan fingerprint density at radius 1 is 0.741 bits per heavy atom. The average Bonchev–Trinajstić information content (AvgIpc) is 3.96. The number of nitriles is 1. The number of fused-ring (bicyclic) bond motifs is 1. The molecule has 19 nitrogen and oxygen atoms in total. The van der Waals surface area contributed by atoms with E-state index >= 15 is 4.39 Å². The van der Waals surface area contributed by atoms with Crippen molar-refractivity contribution in [3.8, 4) is 11.8 Å². The van der Waals surface area contributed by atoms with E-state index in [1.807, 2.05) is 37.8 Å². The number of hydrogen-bond donors (Lipinski definition) is 1. The zero-order valence-corrected chi connectivity index (χ0v) is 47.8. The van der Waals surface area contributed by atoms with Crippen molar-refractivity contribution in [2.45, 2.75) is 173 Å². The van der Waals surface area contributed by atoms with Crippen LogP contribution in [0.1, 0.15) is 186 Å². The fourth-order valence-corrected chi connectivity index (χ4v) is 11.7. The van der Waals surface area contributed by atoms with Gasteiger partial charge in [-0.25, -0.2) is 9.29 Å². The molecule has 1 saturated carbocycles. The molecular weight excluding hydrogens is 1060 g/mol. The van der Waals surface area contributed by atoms with Crippen molar-refractivity contribution in [1.82, 2.24) is 30.2 Å². The van der Waals surface area contributed by atoms with E-state index in [0.717, 1.165) is 138 Å². The summed E-state index contributed by atoms with van der Waals surface area (Å²) >= 11 is 6.16. The molecule has 1 aliphatic carbocycles. The maximum Gasteiger partial charge on any atom is 0.307 e. The van der Waals surface area contributed by atoms with Gasteiger partial charge in [0.05, 0.1) is 33.5 Å². The number of unbranched alkanes of at least 4 members (excludes halogenated alkanes) is 9. The Morgan fingerprint density at radius 3 is 1.98 bits per heavy atom. The number of ether oxygens (including phenoxy) is 3. The zero-order valence-electron chi connectivity index (χ0n) is 47.1. The SMILES string of the molecule is CC(C)(C)OC(=O)CCCCCCCCCCCCC(=O)OCN1C(=O)CCC(N2C(=O)c3cc(F)c(N4CCN(CC5CCN(c6ccc(C(=O)NC7CCC(Oc8ccc(C#N)c(Cl)c8)CC7)nn6)CC5)CC4)cc3C2=O)C1=O. The number of carbonyl (C=O) groups excluding carboxylic acids is 7. The number of piperazine rings is 1. The monoisotopic (exact) mass is 1140 g/mol. The van der Waals surface area contributed by atoms with Gasteiger partial charge in [0, 0.05) is 77.2 Å². The minimum atomic E-state index is -1.31. The number of nitrogens with zero attached hydrogens (tertiary/aromatic N) is 8. The number of aromatic nitrogens is 2. The molecular formula is C60H77ClFN9O10. The highest BCUT2D eigenvalue weighted by atomic mass is 35.5. The third-order valence-electron chi connectivity index (χ3n) is 16.0. The van der Waals surface area contributed by atoms with Crippen molar-refractivity contribution in [1.29, 1.82) is 5.26 Å². The van der Waals surface area contributed by atoms with E-state index in [9.17, 15) is 33.6 Å². The minimum absolute atomic E-state index is 0.00272. The molecule has 1 aromatic heterocycles. The summed E-state index contributed by atoms with van der Waals surface area (Å²) in [6.45, 7) is 9.77. The second-order valence-corrected chi connectivity index (χ2v) is 23.5. The number of anilines is 2. The molecule has 3 saturated heterocycles. The van der Waals surface area contributed by atoms with Gasteiger partial charge in [0.2, 0.25) is 5.91 Å². The Hall–Kier alpha value is -6.72. The second-order valence-electron chi connectivity index (χ2n) is 23.1. The van der Waals surface area contributed by atoms with Crippen molar-refractivity contribution >= 4 is 64.6 Å². The summed E-state index contributed by atoms with van der Waals surface area (Å²) < 4.78 is 32.7. The highest BCUT2D eigenvalue weighted by Crippen LogP contribution is 2.35. The van der Waals surface area contributed by atoms with Crippen LogP contribution in [0.15, 0.2) is 42.5 Å². The van der Waals surface area contributed by atoms with E-state index in [1.54, 1.807) is 24.3 Å². The third kappa shape index (κ3) is 16.5. The number of halogens is 2. The number of imide groups is 2. The van der Waals surface area contributed by atoms with Crippen LogP contribution in [0.25, 0.3) is 0 Å². The Balaban J connectivity index is 0.705. The van der Waals surface area contributed by atoms with Crippen LogP contribution in [0.4, 0.5) is 15.9 Å². The maximum absolute atomic E-state index is 15.9. The summed E-state index contributed by atoms with van der Waals surface area (Å²) in [6, 6.07) is 11.8. The van der Waals surface area contributed by atoms with Crippen LogP contribution in [-0.4, -0.2) is 143 Å². The van der Waals surface area contributed by atoms with E-state index in [2.05, 4.69) is 25.3 Å². The molecule has 1 atom stereocenters. The number of likely N-dealkylation sites (tertiary alicyclic amines) is 1. The molecule has 1 unspecified atom stereocenters. The largest absolute Gasteiger partial charge is 0.490 e. The van der Waals surface area contributed by atoms with E-state index in [-0.39, 0.29) is 65.8 Å². The van der Waals surface area contributed by atoms with Gasteiger partial charge in [-0.3, -0.25) is 43.4 Å². The number of piperidine rings is 2. The molecule has 1 N–H and O–H groups in total. The first-order valence-corrected chi connectivity index (χ1v) is 29.5. The molecule has 4 aliphatic heterocycles. The first-order valence-electron chi connectivity index (χ1n) is 29.1. The molecule has 0 radical (unpaired) electrons. The van der Waals surface area contributed by atoms with Gasteiger partial charge in [-0.1, -0.05) is 63.0 Å². The summed E-state index contributed by atoms with van der Waals surface area (Å²) in [6.07, 6.45) is 14.9. The molecule has 5 aliphatic rings. The van der Waals surface area contributed by atoms with E-state index < -0.39 is 53.8 Å². The molecule has 5 heterocycles. The number of nitrogens with one attached hydrogen (secondary N) is 1. The highest BCUT2D eigenvalue weighted by Gasteiger charge is 2.48. The summed E-state index contributed by atoms with van der Waals surface area (Å²) in [5.74, 6) is -2.79. The van der Waals surface area contributed by atoms with Gasteiger partial charge in [0.15, 0.2) is 18.2 Å². The third-order valence-corrected chi connectivity index (χ3v) is 16.3. The Bertz CT molecular complexity index is 2780. The van der Waals surface area contributed by atoms with Crippen LogP contribution >= 0.6 is 11.6 Å². The van der Waals surface area contributed by atoms with Gasteiger partial charge in [-0.15, -0.1) is 10.2 Å². The lowest BCUT2D eigenvalue weighted by Crippen LogP contribution is -2.56. The first kappa shape index (κ1) is 60.4. The Labute approximate surface area is 479 Å². The summed E-state index contributed by atoms with van der Waals surface area (Å²) in [5, 5.41) is 21.3. The van der Waals surface area contributed by atoms with Crippen LogP contribution in [0.3, 0.4) is 0 Å². The van der Waals surface area contributed by atoms with E-state index in [4.69, 9.17) is 31.1 Å². The number of carbonyl (C=O) groups is 7. The quantitative estimate of drug-likeness (QED) is 0.0502.